The summed E-state index contributed by atoms with van der Waals surface area (Å²) in [4.78, 5) is 39.5. The second-order valence-corrected chi connectivity index (χ2v) is 6.33. The molecule has 2 heterocycles. The average Bonchev–Trinajstić information content (AvgIpc) is 3.01. The molecule has 1 aliphatic rings. The first-order chi connectivity index (χ1) is 13.3. The number of pyridine rings is 1. The van der Waals surface area contributed by atoms with Crippen molar-refractivity contribution < 1.29 is 23.5 Å². The minimum absolute atomic E-state index is 0.199. The van der Waals surface area contributed by atoms with Crippen LogP contribution >= 0.6 is 0 Å². The van der Waals surface area contributed by atoms with Crippen molar-refractivity contribution in [1.82, 2.24) is 10.3 Å². The van der Waals surface area contributed by atoms with Crippen LogP contribution in [-0.4, -0.2) is 42.1 Å². The SMILES string of the molecule is CC(=O)NC[C@H]1CN(c2ccc(-c3ccc(NC(C)=O)nc3)c(F)c2)C(=O)O1. The molecule has 1 saturated heterocycles. The molecule has 1 fully saturated rings. The van der Waals surface area contributed by atoms with Crippen molar-refractivity contribution in [2.24, 2.45) is 0 Å². The summed E-state index contributed by atoms with van der Waals surface area (Å²) in [5.74, 6) is -0.615. The summed E-state index contributed by atoms with van der Waals surface area (Å²) in [5, 5.41) is 5.13. The van der Waals surface area contributed by atoms with Crippen LogP contribution in [0.25, 0.3) is 11.1 Å². The Labute approximate surface area is 160 Å². The van der Waals surface area contributed by atoms with Gasteiger partial charge < -0.3 is 15.4 Å². The number of amides is 3. The zero-order chi connectivity index (χ0) is 20.3. The highest BCUT2D eigenvalue weighted by Crippen LogP contribution is 2.29. The Hall–Kier alpha value is -3.49. The van der Waals surface area contributed by atoms with Gasteiger partial charge in [-0.05, 0) is 30.3 Å². The molecule has 1 aliphatic heterocycles. The number of hydrogen-bond acceptors (Lipinski definition) is 5. The second-order valence-electron chi connectivity index (χ2n) is 6.33. The summed E-state index contributed by atoms with van der Waals surface area (Å²) in [6, 6.07) is 7.63. The number of benzene rings is 1. The molecule has 1 atom stereocenters. The first-order valence-electron chi connectivity index (χ1n) is 8.59. The molecule has 0 spiro atoms. The van der Waals surface area contributed by atoms with Crippen LogP contribution in [0.3, 0.4) is 0 Å². The van der Waals surface area contributed by atoms with E-state index in [2.05, 4.69) is 15.6 Å². The molecule has 9 heteroatoms. The molecule has 8 nitrogen and oxygen atoms in total. The van der Waals surface area contributed by atoms with Crippen LogP contribution in [0.2, 0.25) is 0 Å². The number of rotatable bonds is 5. The molecule has 2 aromatic rings. The Kier molecular flexibility index (Phi) is 5.53. The van der Waals surface area contributed by atoms with Crippen LogP contribution < -0.4 is 15.5 Å². The topological polar surface area (TPSA) is 101 Å². The molecule has 28 heavy (non-hydrogen) atoms. The van der Waals surface area contributed by atoms with E-state index in [1.807, 2.05) is 0 Å². The second kappa shape index (κ2) is 8.03. The van der Waals surface area contributed by atoms with E-state index >= 15 is 0 Å². The summed E-state index contributed by atoms with van der Waals surface area (Å²) in [7, 11) is 0. The first kappa shape index (κ1) is 19.3. The highest BCUT2D eigenvalue weighted by atomic mass is 19.1. The Morgan fingerprint density at radius 1 is 1.25 bits per heavy atom. The quantitative estimate of drug-likeness (QED) is 0.821. The highest BCUT2D eigenvalue weighted by Gasteiger charge is 2.32. The Bertz CT molecular complexity index is 917. The maximum absolute atomic E-state index is 14.6. The van der Waals surface area contributed by atoms with Crippen molar-refractivity contribution in [3.05, 3.63) is 42.3 Å². The van der Waals surface area contributed by atoms with Crippen molar-refractivity contribution >= 4 is 29.4 Å². The van der Waals surface area contributed by atoms with Crippen molar-refractivity contribution in [3.8, 4) is 11.1 Å². The molecular weight excluding hydrogens is 367 g/mol. The highest BCUT2D eigenvalue weighted by molar-refractivity contribution is 5.90. The van der Waals surface area contributed by atoms with Gasteiger partial charge in [0.25, 0.3) is 0 Å². The molecule has 1 aromatic heterocycles. The molecule has 1 aromatic carbocycles. The molecule has 0 bridgehead atoms. The van der Waals surface area contributed by atoms with Gasteiger partial charge in [-0.1, -0.05) is 0 Å². The fourth-order valence-corrected chi connectivity index (χ4v) is 2.81. The number of carbonyl (C=O) groups is 3. The van der Waals surface area contributed by atoms with Crippen LogP contribution in [0, 0.1) is 5.82 Å². The lowest BCUT2D eigenvalue weighted by atomic mass is 10.1. The standard InChI is InChI=1S/C19H19FN4O4/c1-11(25)21-9-15-10-24(19(27)28-15)14-4-5-16(17(20)7-14)13-3-6-18(22-8-13)23-12(2)26/h3-8,15H,9-10H2,1-2H3,(H,21,25)(H,22,23,26)/t15-/m0/s1. The van der Waals surface area contributed by atoms with Crippen molar-refractivity contribution in [1.29, 1.82) is 0 Å². The van der Waals surface area contributed by atoms with Crippen LogP contribution in [0.15, 0.2) is 36.5 Å². The van der Waals surface area contributed by atoms with Crippen molar-refractivity contribution in [3.63, 3.8) is 0 Å². The minimum atomic E-state index is -0.594. The third-order valence-corrected chi connectivity index (χ3v) is 4.10. The van der Waals surface area contributed by atoms with E-state index in [9.17, 15) is 18.8 Å². The first-order valence-corrected chi connectivity index (χ1v) is 8.59. The lowest BCUT2D eigenvalue weighted by molar-refractivity contribution is -0.119. The van der Waals surface area contributed by atoms with Crippen LogP contribution in [0.4, 0.5) is 20.7 Å². The van der Waals surface area contributed by atoms with Gasteiger partial charge in [0.15, 0.2) is 0 Å². The molecule has 0 aliphatic carbocycles. The third kappa shape index (κ3) is 4.43. The Morgan fingerprint density at radius 3 is 2.64 bits per heavy atom. The number of ether oxygens (including phenoxy) is 1. The third-order valence-electron chi connectivity index (χ3n) is 4.10. The van der Waals surface area contributed by atoms with E-state index in [0.717, 1.165) is 0 Å². The summed E-state index contributed by atoms with van der Waals surface area (Å²) >= 11 is 0. The number of cyclic esters (lactones) is 1. The van der Waals surface area contributed by atoms with Gasteiger partial charge in [0.2, 0.25) is 11.8 Å². The van der Waals surface area contributed by atoms with Gasteiger partial charge in [0.05, 0.1) is 18.8 Å². The zero-order valence-electron chi connectivity index (χ0n) is 15.4. The lowest BCUT2D eigenvalue weighted by Gasteiger charge is -2.14. The Morgan fingerprint density at radius 2 is 2.04 bits per heavy atom. The number of aromatic nitrogens is 1. The molecule has 146 valence electrons. The summed E-state index contributed by atoms with van der Waals surface area (Å²) in [6.07, 6.45) is 0.366. The maximum Gasteiger partial charge on any atom is 0.414 e. The number of nitrogens with zero attached hydrogens (tertiary/aromatic N) is 2. The Balaban J connectivity index is 1.74. The number of hydrogen-bond donors (Lipinski definition) is 2. The monoisotopic (exact) mass is 386 g/mol. The molecule has 3 rings (SSSR count). The smallest absolute Gasteiger partial charge is 0.414 e. The molecule has 2 N–H and O–H groups in total. The average molecular weight is 386 g/mol. The predicted molar refractivity (Wildman–Crippen MR) is 100 cm³/mol. The number of carbonyl (C=O) groups excluding carboxylic acids is 3. The van der Waals surface area contributed by atoms with Gasteiger partial charge in [-0.15, -0.1) is 0 Å². The van der Waals surface area contributed by atoms with E-state index in [4.69, 9.17) is 4.74 Å². The van der Waals surface area contributed by atoms with Crippen molar-refractivity contribution in [2.75, 3.05) is 23.3 Å². The van der Waals surface area contributed by atoms with Gasteiger partial charge in [-0.2, -0.15) is 0 Å². The normalized spacial score (nSPS) is 15.9. The summed E-state index contributed by atoms with van der Waals surface area (Å²) < 4.78 is 19.8. The van der Waals surface area contributed by atoms with E-state index in [-0.39, 0.29) is 24.9 Å². The lowest BCUT2D eigenvalue weighted by Crippen LogP contribution is -2.33. The predicted octanol–water partition coefficient (Wildman–Crippen LogP) is 2.31. The minimum Gasteiger partial charge on any atom is -0.442 e. The van der Waals surface area contributed by atoms with Gasteiger partial charge in [-0.3, -0.25) is 14.5 Å². The molecular formula is C19H19FN4O4. The van der Waals surface area contributed by atoms with Crippen LogP contribution in [0.1, 0.15) is 13.8 Å². The molecule has 0 radical (unpaired) electrons. The van der Waals surface area contributed by atoms with E-state index in [1.165, 1.54) is 31.0 Å². The number of anilines is 2. The van der Waals surface area contributed by atoms with Gasteiger partial charge in [-0.25, -0.2) is 14.2 Å². The summed E-state index contributed by atoms with van der Waals surface area (Å²) in [5.41, 5.74) is 1.21. The number of halogens is 1. The van der Waals surface area contributed by atoms with Crippen LogP contribution in [-0.2, 0) is 14.3 Å². The largest absolute Gasteiger partial charge is 0.442 e. The van der Waals surface area contributed by atoms with Gasteiger partial charge in [0.1, 0.15) is 17.7 Å². The van der Waals surface area contributed by atoms with Crippen molar-refractivity contribution in [2.45, 2.75) is 20.0 Å². The van der Waals surface area contributed by atoms with E-state index < -0.39 is 18.0 Å². The fraction of sp³-hybridized carbons (Fsp3) is 0.263. The molecule has 3 amide bonds. The van der Waals surface area contributed by atoms with E-state index in [0.29, 0.717) is 22.6 Å². The maximum atomic E-state index is 14.6. The van der Waals surface area contributed by atoms with Gasteiger partial charge in [0, 0.05) is 31.2 Å². The van der Waals surface area contributed by atoms with Crippen LogP contribution in [0.5, 0.6) is 0 Å². The number of nitrogens with one attached hydrogen (secondary N) is 2. The summed E-state index contributed by atoms with van der Waals surface area (Å²) in [6.45, 7) is 3.16. The zero-order valence-corrected chi connectivity index (χ0v) is 15.4. The molecule has 0 unspecified atom stereocenters. The van der Waals surface area contributed by atoms with E-state index in [1.54, 1.807) is 24.3 Å². The molecule has 0 saturated carbocycles. The van der Waals surface area contributed by atoms with Gasteiger partial charge >= 0.3 is 6.09 Å². The fourth-order valence-electron chi connectivity index (χ4n) is 2.81.